The van der Waals surface area contributed by atoms with Gasteiger partial charge in [0.05, 0.1) is 12.3 Å². The van der Waals surface area contributed by atoms with E-state index >= 15 is 0 Å². The van der Waals surface area contributed by atoms with Crippen LogP contribution in [0.5, 0.6) is 0 Å². The maximum Gasteiger partial charge on any atom is 0.123 e. The second kappa shape index (κ2) is 4.72. The molecule has 2 nitrogen and oxygen atoms in total. The Bertz CT molecular complexity index is 519. The monoisotopic (exact) mass is 233 g/mol. The Morgan fingerprint density at radius 2 is 2.00 bits per heavy atom. The van der Waals surface area contributed by atoms with Gasteiger partial charge in [0.2, 0.25) is 0 Å². The molecule has 0 aliphatic heterocycles. The molecule has 1 atom stereocenters. The number of rotatable bonds is 3. The molecule has 3 heteroatoms. The van der Waals surface area contributed by atoms with Crippen molar-refractivity contribution in [1.82, 2.24) is 5.32 Å². The molecule has 0 amide bonds. The second-order valence-corrected chi connectivity index (χ2v) is 4.21. The zero-order chi connectivity index (χ0) is 12.4. The summed E-state index contributed by atoms with van der Waals surface area (Å²) < 4.78 is 18.6. The number of aryl methyl sites for hydroxylation is 2. The average molecular weight is 233 g/mol. The van der Waals surface area contributed by atoms with E-state index in [2.05, 4.69) is 5.32 Å². The Balaban J connectivity index is 2.45. The van der Waals surface area contributed by atoms with E-state index in [9.17, 15) is 4.39 Å². The zero-order valence-corrected chi connectivity index (χ0v) is 10.3. The molecule has 1 N–H and O–H groups in total. The summed E-state index contributed by atoms with van der Waals surface area (Å²) in [6, 6.07) is 6.77. The molecule has 0 bridgehead atoms. The van der Waals surface area contributed by atoms with Gasteiger partial charge < -0.3 is 9.73 Å². The lowest BCUT2D eigenvalue weighted by Gasteiger charge is -2.17. The maximum atomic E-state index is 13.3. The largest absolute Gasteiger partial charge is 0.469 e. The summed E-state index contributed by atoms with van der Waals surface area (Å²) in [6.07, 6.45) is 1.71. The first-order chi connectivity index (χ1) is 8.11. The van der Waals surface area contributed by atoms with Crippen molar-refractivity contribution >= 4 is 0 Å². The summed E-state index contributed by atoms with van der Waals surface area (Å²) in [5.41, 5.74) is 3.01. The van der Waals surface area contributed by atoms with E-state index in [0.29, 0.717) is 0 Å². The van der Waals surface area contributed by atoms with E-state index in [1.807, 2.05) is 27.0 Å². The van der Waals surface area contributed by atoms with Crippen LogP contribution in [0.4, 0.5) is 4.39 Å². The van der Waals surface area contributed by atoms with Crippen molar-refractivity contribution in [2.45, 2.75) is 19.9 Å². The van der Waals surface area contributed by atoms with Crippen LogP contribution >= 0.6 is 0 Å². The molecule has 17 heavy (non-hydrogen) atoms. The van der Waals surface area contributed by atoms with Crippen LogP contribution in [0.3, 0.4) is 0 Å². The number of hydrogen-bond donors (Lipinski definition) is 1. The van der Waals surface area contributed by atoms with Gasteiger partial charge in [-0.15, -0.1) is 0 Å². The molecule has 0 saturated carbocycles. The lowest BCUT2D eigenvalue weighted by Crippen LogP contribution is -2.18. The molecule has 0 aliphatic carbocycles. The highest BCUT2D eigenvalue weighted by Gasteiger charge is 2.16. The first-order valence-corrected chi connectivity index (χ1v) is 5.60. The molecule has 0 spiro atoms. The normalized spacial score (nSPS) is 12.7. The first-order valence-electron chi connectivity index (χ1n) is 5.60. The summed E-state index contributed by atoms with van der Waals surface area (Å²) >= 11 is 0. The highest BCUT2D eigenvalue weighted by Crippen LogP contribution is 2.26. The van der Waals surface area contributed by atoms with Crippen molar-refractivity contribution < 1.29 is 8.81 Å². The minimum atomic E-state index is -0.217. The average Bonchev–Trinajstić information content (AvgIpc) is 2.71. The molecule has 1 aromatic carbocycles. The topological polar surface area (TPSA) is 25.2 Å². The van der Waals surface area contributed by atoms with Crippen LogP contribution in [0.2, 0.25) is 0 Å². The fourth-order valence-corrected chi connectivity index (χ4v) is 2.04. The Morgan fingerprint density at radius 3 is 2.59 bits per heavy atom. The maximum absolute atomic E-state index is 13.3. The Kier molecular flexibility index (Phi) is 3.29. The predicted octanol–water partition coefficient (Wildman–Crippen LogP) is 3.34. The van der Waals surface area contributed by atoms with Gasteiger partial charge in [-0.1, -0.05) is 6.07 Å². The summed E-state index contributed by atoms with van der Waals surface area (Å²) in [5, 5.41) is 3.19. The summed E-state index contributed by atoms with van der Waals surface area (Å²) in [7, 11) is 1.86. The fraction of sp³-hybridized carbons (Fsp3) is 0.286. The summed E-state index contributed by atoms with van der Waals surface area (Å²) in [4.78, 5) is 0. The highest BCUT2D eigenvalue weighted by molar-refractivity contribution is 5.36. The van der Waals surface area contributed by atoms with Crippen LogP contribution in [0.1, 0.15) is 28.5 Å². The van der Waals surface area contributed by atoms with Crippen LogP contribution in [-0.4, -0.2) is 7.05 Å². The summed E-state index contributed by atoms with van der Waals surface area (Å²) in [5.74, 6) is 0.639. The molecule has 1 aromatic heterocycles. The van der Waals surface area contributed by atoms with Gasteiger partial charge in [-0.05, 0) is 50.2 Å². The van der Waals surface area contributed by atoms with Gasteiger partial charge in [0, 0.05) is 5.56 Å². The van der Waals surface area contributed by atoms with Crippen molar-refractivity contribution in [1.29, 1.82) is 0 Å². The molecule has 0 radical (unpaired) electrons. The van der Waals surface area contributed by atoms with Gasteiger partial charge in [0.1, 0.15) is 11.6 Å². The van der Waals surface area contributed by atoms with Crippen LogP contribution in [0.25, 0.3) is 0 Å². The number of benzene rings is 1. The second-order valence-electron chi connectivity index (χ2n) is 4.21. The lowest BCUT2D eigenvalue weighted by molar-refractivity contribution is 0.527. The number of halogens is 1. The standard InChI is InChI=1S/C14H16FNO/c1-9-4-5-12(15)7-13(9)14(16-3)11-6-10(2)17-8-11/h4-8,14,16H,1-3H3. The summed E-state index contributed by atoms with van der Waals surface area (Å²) in [6.45, 7) is 3.88. The minimum Gasteiger partial charge on any atom is -0.469 e. The van der Waals surface area contributed by atoms with Crippen LogP contribution in [0, 0.1) is 19.7 Å². The predicted molar refractivity (Wildman–Crippen MR) is 65.5 cm³/mol. The molecule has 0 fully saturated rings. The Labute approximate surface area is 100 Å². The van der Waals surface area contributed by atoms with Crippen molar-refractivity contribution in [3.8, 4) is 0 Å². The molecule has 0 saturated heterocycles. The van der Waals surface area contributed by atoms with Crippen molar-refractivity contribution in [3.05, 3.63) is 58.8 Å². The minimum absolute atomic E-state index is 0.0388. The van der Waals surface area contributed by atoms with Crippen LogP contribution < -0.4 is 5.32 Å². The molecule has 0 aliphatic rings. The van der Waals surface area contributed by atoms with E-state index in [0.717, 1.165) is 22.5 Å². The third kappa shape index (κ3) is 2.39. The molecule has 1 unspecified atom stereocenters. The molecule has 90 valence electrons. The molecule has 1 heterocycles. The van der Waals surface area contributed by atoms with E-state index in [4.69, 9.17) is 4.42 Å². The lowest BCUT2D eigenvalue weighted by atomic mass is 9.96. The van der Waals surface area contributed by atoms with E-state index in [1.165, 1.54) is 6.07 Å². The smallest absolute Gasteiger partial charge is 0.123 e. The van der Waals surface area contributed by atoms with Gasteiger partial charge in [-0.25, -0.2) is 4.39 Å². The number of hydrogen-bond acceptors (Lipinski definition) is 2. The highest BCUT2D eigenvalue weighted by atomic mass is 19.1. The Hall–Kier alpha value is -1.61. The first kappa shape index (κ1) is 11.9. The number of nitrogens with one attached hydrogen (secondary N) is 1. The number of furan rings is 1. The SMILES string of the molecule is CNC(c1coc(C)c1)c1cc(F)ccc1C. The molecular formula is C14H16FNO. The molecule has 2 rings (SSSR count). The Morgan fingerprint density at radius 1 is 1.24 bits per heavy atom. The van der Waals surface area contributed by atoms with Crippen LogP contribution in [-0.2, 0) is 0 Å². The van der Waals surface area contributed by atoms with Crippen molar-refractivity contribution in [2.75, 3.05) is 7.05 Å². The fourth-order valence-electron chi connectivity index (χ4n) is 2.04. The molecular weight excluding hydrogens is 217 g/mol. The molecule has 2 aromatic rings. The third-order valence-corrected chi connectivity index (χ3v) is 2.93. The van der Waals surface area contributed by atoms with E-state index in [-0.39, 0.29) is 11.9 Å². The van der Waals surface area contributed by atoms with Crippen LogP contribution in [0.15, 0.2) is 34.9 Å². The van der Waals surface area contributed by atoms with Gasteiger partial charge in [0.15, 0.2) is 0 Å². The van der Waals surface area contributed by atoms with Gasteiger partial charge >= 0.3 is 0 Å². The van der Waals surface area contributed by atoms with Crippen molar-refractivity contribution in [2.24, 2.45) is 0 Å². The quantitative estimate of drug-likeness (QED) is 0.879. The van der Waals surface area contributed by atoms with Crippen molar-refractivity contribution in [3.63, 3.8) is 0 Å². The van der Waals surface area contributed by atoms with Gasteiger partial charge in [-0.2, -0.15) is 0 Å². The van der Waals surface area contributed by atoms with Gasteiger partial charge in [-0.3, -0.25) is 0 Å². The van der Waals surface area contributed by atoms with Gasteiger partial charge in [0.25, 0.3) is 0 Å². The zero-order valence-electron chi connectivity index (χ0n) is 10.3. The van der Waals surface area contributed by atoms with E-state index < -0.39 is 0 Å². The third-order valence-electron chi connectivity index (χ3n) is 2.93. The van der Waals surface area contributed by atoms with E-state index in [1.54, 1.807) is 18.4 Å².